The van der Waals surface area contributed by atoms with E-state index in [-0.39, 0.29) is 28.3 Å². The van der Waals surface area contributed by atoms with Gasteiger partial charge in [0.1, 0.15) is 0 Å². The molecule has 0 bridgehead atoms. The van der Waals surface area contributed by atoms with E-state index in [1.165, 1.54) is 11.3 Å². The molecule has 2 aliphatic heterocycles. The molecule has 2 saturated heterocycles. The van der Waals surface area contributed by atoms with E-state index in [1.54, 1.807) is 18.2 Å². The number of benzene rings is 2. The Kier molecular flexibility index (Phi) is 6.79. The van der Waals surface area contributed by atoms with Crippen LogP contribution in [-0.2, 0) is 6.42 Å². The van der Waals surface area contributed by atoms with Gasteiger partial charge in [-0.15, -0.1) is 0 Å². The number of halogens is 2. The Labute approximate surface area is 232 Å². The molecule has 0 radical (unpaired) electrons. The van der Waals surface area contributed by atoms with E-state index >= 15 is 0 Å². The fraction of sp³-hybridized carbons (Fsp3) is 0.367. The van der Waals surface area contributed by atoms with E-state index < -0.39 is 0 Å². The van der Waals surface area contributed by atoms with Crippen LogP contribution in [-0.4, -0.2) is 47.9 Å². The molecule has 3 aromatic rings. The Hall–Kier alpha value is -3.09. The van der Waals surface area contributed by atoms with Crippen molar-refractivity contribution in [1.29, 1.82) is 0 Å². The van der Waals surface area contributed by atoms with Crippen molar-refractivity contribution < 1.29 is 9.59 Å². The molecule has 1 unspecified atom stereocenters. The van der Waals surface area contributed by atoms with Crippen molar-refractivity contribution in [2.24, 2.45) is 5.41 Å². The summed E-state index contributed by atoms with van der Waals surface area (Å²) in [6.07, 6.45) is 8.56. The molecule has 8 heteroatoms. The zero-order valence-electron chi connectivity index (χ0n) is 21.1. The predicted molar refractivity (Wildman–Crippen MR) is 150 cm³/mol. The number of nitrogens with zero attached hydrogens (tertiary/aromatic N) is 3. The molecular weight excluding hydrogens is 519 g/mol. The molecule has 3 aliphatic rings. The Morgan fingerprint density at radius 3 is 2.53 bits per heavy atom. The highest BCUT2D eigenvalue weighted by Crippen LogP contribution is 2.42. The zero-order chi connectivity index (χ0) is 26.3. The maximum Gasteiger partial charge on any atom is 0.253 e. The number of fused-ring (bicyclic) bond motifs is 1. The highest BCUT2D eigenvalue weighted by Gasteiger charge is 2.42. The minimum Gasteiger partial charge on any atom is -0.371 e. The largest absolute Gasteiger partial charge is 0.371 e. The number of likely N-dealkylation sites (tertiary alicyclic amines) is 1. The first-order chi connectivity index (χ1) is 18.4. The van der Waals surface area contributed by atoms with Crippen LogP contribution in [0, 0.1) is 5.41 Å². The summed E-state index contributed by atoms with van der Waals surface area (Å²) in [5.41, 5.74) is 4.66. The molecule has 3 heterocycles. The fourth-order valence-corrected chi connectivity index (χ4v) is 6.68. The highest BCUT2D eigenvalue weighted by atomic mass is 35.5. The van der Waals surface area contributed by atoms with Gasteiger partial charge in [0.2, 0.25) is 0 Å². The number of carbonyl (C=O) groups is 2. The number of rotatable bonds is 4. The second-order valence-corrected chi connectivity index (χ2v) is 11.5. The maximum atomic E-state index is 13.6. The SMILES string of the molecule is O=C(NC1CCc2ccc(C(=O)N3CCC4(CCN(c5ccncc5)CC4)C3)cc21)c1cccc(Cl)c1Cl. The number of anilines is 1. The minimum absolute atomic E-state index is 0.0797. The van der Waals surface area contributed by atoms with Gasteiger partial charge in [0.15, 0.2) is 0 Å². The molecule has 2 amide bonds. The van der Waals surface area contributed by atoms with Gasteiger partial charge >= 0.3 is 0 Å². The van der Waals surface area contributed by atoms with Gasteiger partial charge in [0.05, 0.1) is 21.7 Å². The van der Waals surface area contributed by atoms with Crippen LogP contribution in [0.25, 0.3) is 0 Å². The number of pyridine rings is 1. The minimum atomic E-state index is -0.258. The molecule has 196 valence electrons. The van der Waals surface area contributed by atoms with E-state index in [4.69, 9.17) is 23.2 Å². The predicted octanol–water partition coefficient (Wildman–Crippen LogP) is 5.94. The van der Waals surface area contributed by atoms with Crippen LogP contribution in [0.1, 0.15) is 63.6 Å². The van der Waals surface area contributed by atoms with Crippen LogP contribution in [0.2, 0.25) is 10.0 Å². The van der Waals surface area contributed by atoms with Crippen LogP contribution in [0.3, 0.4) is 0 Å². The lowest BCUT2D eigenvalue weighted by atomic mass is 9.77. The first kappa shape index (κ1) is 25.2. The van der Waals surface area contributed by atoms with Gasteiger partial charge in [0.25, 0.3) is 11.8 Å². The third-order valence-corrected chi connectivity index (χ3v) is 9.37. The van der Waals surface area contributed by atoms with Gasteiger partial charge in [-0.1, -0.05) is 35.3 Å². The molecule has 6 rings (SSSR count). The van der Waals surface area contributed by atoms with Gasteiger partial charge < -0.3 is 15.1 Å². The van der Waals surface area contributed by atoms with Crippen molar-refractivity contribution >= 4 is 40.7 Å². The summed E-state index contributed by atoms with van der Waals surface area (Å²) in [5, 5.41) is 3.71. The van der Waals surface area contributed by atoms with Gasteiger partial charge in [-0.3, -0.25) is 14.6 Å². The molecule has 6 nitrogen and oxygen atoms in total. The molecule has 1 aromatic heterocycles. The first-order valence-corrected chi connectivity index (χ1v) is 14.0. The van der Waals surface area contributed by atoms with Crippen LogP contribution >= 0.6 is 23.2 Å². The van der Waals surface area contributed by atoms with Crippen molar-refractivity contribution in [1.82, 2.24) is 15.2 Å². The first-order valence-electron chi connectivity index (χ1n) is 13.2. The normalized spacial score (nSPS) is 20.0. The third-order valence-electron chi connectivity index (χ3n) is 8.55. The number of aryl methyl sites for hydroxylation is 1. The average molecular weight is 550 g/mol. The van der Waals surface area contributed by atoms with Crippen LogP contribution in [0.15, 0.2) is 60.9 Å². The quantitative estimate of drug-likeness (QED) is 0.438. The van der Waals surface area contributed by atoms with Gasteiger partial charge in [-0.05, 0) is 85.0 Å². The third kappa shape index (κ3) is 4.76. The second kappa shape index (κ2) is 10.2. The van der Waals surface area contributed by atoms with Crippen molar-refractivity contribution in [2.75, 3.05) is 31.1 Å². The van der Waals surface area contributed by atoms with Crippen LogP contribution in [0.4, 0.5) is 5.69 Å². The maximum absolute atomic E-state index is 13.6. The molecule has 2 fully saturated rings. The van der Waals surface area contributed by atoms with Crippen molar-refractivity contribution in [3.8, 4) is 0 Å². The summed E-state index contributed by atoms with van der Waals surface area (Å²) >= 11 is 12.4. The van der Waals surface area contributed by atoms with Crippen LogP contribution in [0.5, 0.6) is 0 Å². The standard InChI is InChI=1S/C30H30Cl2N4O2/c31-25-3-1-2-23(27(25)32)28(37)34-26-7-6-20-4-5-21(18-24(20)26)29(38)36-17-12-30(19-36)10-15-35(16-11-30)22-8-13-33-14-9-22/h1-5,8-9,13-14,18,26H,6-7,10-12,15-17,19H2,(H,34,37). The number of amides is 2. The van der Waals surface area contributed by atoms with Gasteiger partial charge in [0, 0.05) is 49.8 Å². The second-order valence-electron chi connectivity index (χ2n) is 10.7. The number of hydrogen-bond acceptors (Lipinski definition) is 4. The van der Waals surface area contributed by atoms with Crippen LogP contribution < -0.4 is 10.2 Å². The van der Waals surface area contributed by atoms with Gasteiger partial charge in [-0.2, -0.15) is 0 Å². The summed E-state index contributed by atoms with van der Waals surface area (Å²) in [6.45, 7) is 3.60. The Morgan fingerprint density at radius 1 is 0.974 bits per heavy atom. The molecule has 1 aliphatic carbocycles. The molecule has 38 heavy (non-hydrogen) atoms. The smallest absolute Gasteiger partial charge is 0.253 e. The van der Waals surface area contributed by atoms with Crippen molar-refractivity contribution in [2.45, 2.75) is 38.1 Å². The fourth-order valence-electron chi connectivity index (χ4n) is 6.29. The molecule has 1 spiro atoms. The Bertz CT molecular complexity index is 1370. The van der Waals surface area contributed by atoms with E-state index in [0.29, 0.717) is 16.1 Å². The summed E-state index contributed by atoms with van der Waals surface area (Å²) in [5.74, 6) is -0.178. The molecular formula is C30H30Cl2N4O2. The molecule has 2 aromatic carbocycles. The number of piperidine rings is 1. The lowest BCUT2D eigenvalue weighted by Gasteiger charge is -2.40. The Morgan fingerprint density at radius 2 is 1.74 bits per heavy atom. The number of nitrogens with one attached hydrogen (secondary N) is 1. The van der Waals surface area contributed by atoms with E-state index in [1.807, 2.05) is 35.5 Å². The summed E-state index contributed by atoms with van der Waals surface area (Å²) in [6, 6.07) is 15.0. The number of hydrogen-bond donors (Lipinski definition) is 1. The lowest BCUT2D eigenvalue weighted by molar-refractivity contribution is 0.0764. The van der Waals surface area contributed by atoms with Crippen molar-refractivity contribution in [3.63, 3.8) is 0 Å². The molecule has 1 atom stereocenters. The highest BCUT2D eigenvalue weighted by molar-refractivity contribution is 6.43. The zero-order valence-corrected chi connectivity index (χ0v) is 22.6. The molecule has 1 N–H and O–H groups in total. The number of carbonyl (C=O) groups excluding carboxylic acids is 2. The van der Waals surface area contributed by atoms with Crippen molar-refractivity contribution in [3.05, 3.63) is 93.2 Å². The monoisotopic (exact) mass is 548 g/mol. The van der Waals surface area contributed by atoms with Gasteiger partial charge in [-0.25, -0.2) is 0 Å². The Balaban J connectivity index is 1.12. The van der Waals surface area contributed by atoms with E-state index in [9.17, 15) is 9.59 Å². The summed E-state index contributed by atoms with van der Waals surface area (Å²) < 4.78 is 0. The van der Waals surface area contributed by atoms with E-state index in [0.717, 1.165) is 63.8 Å². The molecule has 0 saturated carbocycles. The number of aromatic nitrogens is 1. The topological polar surface area (TPSA) is 65.5 Å². The summed E-state index contributed by atoms with van der Waals surface area (Å²) in [4.78, 5) is 35.1. The average Bonchev–Trinajstić information content (AvgIpc) is 3.54. The summed E-state index contributed by atoms with van der Waals surface area (Å²) in [7, 11) is 0. The lowest BCUT2D eigenvalue weighted by Crippen LogP contribution is -2.42. The van der Waals surface area contributed by atoms with E-state index in [2.05, 4.69) is 27.3 Å².